The molecule has 0 amide bonds. The van der Waals surface area contributed by atoms with Crippen LogP contribution < -0.4 is 0 Å². The van der Waals surface area contributed by atoms with Gasteiger partial charge in [0.15, 0.2) is 0 Å². The van der Waals surface area contributed by atoms with Gasteiger partial charge >= 0.3 is 9.53 Å². The Morgan fingerprint density at radius 3 is 1.00 bits per heavy atom. The maximum absolute atomic E-state index is 6.32. The molecule has 0 aliphatic rings. The minimum Gasteiger partial charge on any atom is -0.373 e. The van der Waals surface area contributed by atoms with E-state index in [1.807, 2.05) is 0 Å². The van der Waals surface area contributed by atoms with Crippen LogP contribution in [0.4, 0.5) is 0 Å². The molecule has 4 heteroatoms. The van der Waals surface area contributed by atoms with E-state index in [0.29, 0.717) is 0 Å². The van der Waals surface area contributed by atoms with Crippen LogP contribution in [-0.2, 0) is 13.3 Å². The Kier molecular flexibility index (Phi) is 20.4. The van der Waals surface area contributed by atoms with Crippen LogP contribution in [0.15, 0.2) is 0 Å². The summed E-state index contributed by atoms with van der Waals surface area (Å²) in [6, 6.07) is 0. The number of rotatable bonds is 21. The predicted octanol–water partition coefficient (Wildman–Crippen LogP) is 7.83. The van der Waals surface area contributed by atoms with E-state index < -0.39 is 9.53 Å². The fourth-order valence-corrected chi connectivity index (χ4v) is 5.18. The van der Waals surface area contributed by atoms with Crippen molar-refractivity contribution in [1.29, 1.82) is 0 Å². The van der Waals surface area contributed by atoms with Crippen molar-refractivity contribution in [3.05, 3.63) is 0 Å². The molecule has 0 aliphatic carbocycles. The third-order valence-electron chi connectivity index (χ3n) is 5.42. The van der Waals surface area contributed by atoms with Crippen molar-refractivity contribution in [1.82, 2.24) is 0 Å². The Morgan fingerprint density at radius 1 is 0.464 bits per heavy atom. The quantitative estimate of drug-likeness (QED) is 0.141. The highest BCUT2D eigenvalue weighted by molar-refractivity contribution is 6.36. The maximum Gasteiger partial charge on any atom is 0.484 e. The highest BCUT2D eigenvalue weighted by Crippen LogP contribution is 2.16. The normalized spacial score (nSPS) is 16.1. The lowest BCUT2D eigenvalue weighted by molar-refractivity contribution is 0.0133. The van der Waals surface area contributed by atoms with Crippen LogP contribution in [0.1, 0.15) is 138 Å². The van der Waals surface area contributed by atoms with Crippen LogP contribution in [0.5, 0.6) is 0 Å². The molecule has 0 fully saturated rings. The minimum absolute atomic E-state index is 0.244. The maximum atomic E-state index is 6.32. The summed E-state index contributed by atoms with van der Waals surface area (Å²) in [6.45, 7) is 13.3. The molecule has 0 heterocycles. The molecule has 0 radical (unpaired) electrons. The standard InChI is InChI=1S/C24H52O3Si/c1-7-10-13-16-19-22(4)25-28(26-23(5)20-17-14-11-8-2)27-24(6)21-18-15-12-9-3/h22-24,28H,7-21H2,1-6H3. The summed E-state index contributed by atoms with van der Waals surface area (Å²) >= 11 is 0. The number of hydrogen-bond donors (Lipinski definition) is 0. The van der Waals surface area contributed by atoms with Crippen molar-refractivity contribution >= 4 is 9.53 Å². The van der Waals surface area contributed by atoms with Crippen molar-refractivity contribution in [2.45, 2.75) is 156 Å². The Bertz CT molecular complexity index is 267. The van der Waals surface area contributed by atoms with Crippen LogP contribution in [0.2, 0.25) is 0 Å². The Morgan fingerprint density at radius 2 is 0.750 bits per heavy atom. The van der Waals surface area contributed by atoms with Gasteiger partial charge < -0.3 is 13.3 Å². The van der Waals surface area contributed by atoms with E-state index in [2.05, 4.69) is 41.5 Å². The minimum atomic E-state index is -2.08. The summed E-state index contributed by atoms with van der Waals surface area (Å²) in [4.78, 5) is 0. The topological polar surface area (TPSA) is 27.7 Å². The largest absolute Gasteiger partial charge is 0.484 e. The zero-order chi connectivity index (χ0) is 21.0. The molecule has 0 spiro atoms. The van der Waals surface area contributed by atoms with Crippen LogP contribution in [-0.4, -0.2) is 27.8 Å². The lowest BCUT2D eigenvalue weighted by Gasteiger charge is -2.27. The van der Waals surface area contributed by atoms with E-state index in [1.54, 1.807) is 0 Å². The van der Waals surface area contributed by atoms with Gasteiger partial charge in [-0.3, -0.25) is 0 Å². The van der Waals surface area contributed by atoms with Gasteiger partial charge in [-0.25, -0.2) is 0 Å². The molecule has 28 heavy (non-hydrogen) atoms. The van der Waals surface area contributed by atoms with Gasteiger partial charge in [0.1, 0.15) is 0 Å². The zero-order valence-corrected chi connectivity index (χ0v) is 21.3. The molecule has 0 N–H and O–H groups in total. The van der Waals surface area contributed by atoms with Gasteiger partial charge in [0.2, 0.25) is 0 Å². The molecular formula is C24H52O3Si. The highest BCUT2D eigenvalue weighted by atomic mass is 28.3. The molecule has 0 saturated carbocycles. The lowest BCUT2D eigenvalue weighted by atomic mass is 10.1. The highest BCUT2D eigenvalue weighted by Gasteiger charge is 2.24. The summed E-state index contributed by atoms with van der Waals surface area (Å²) in [5, 5.41) is 0. The van der Waals surface area contributed by atoms with Crippen molar-refractivity contribution in [3.8, 4) is 0 Å². The van der Waals surface area contributed by atoms with Crippen LogP contribution in [0.25, 0.3) is 0 Å². The molecular weight excluding hydrogens is 364 g/mol. The van der Waals surface area contributed by atoms with Gasteiger partial charge in [0.25, 0.3) is 0 Å². The lowest BCUT2D eigenvalue weighted by Crippen LogP contribution is -2.37. The Balaban J connectivity index is 4.38. The molecule has 0 aromatic heterocycles. The third-order valence-corrected chi connectivity index (χ3v) is 7.48. The molecule has 0 aromatic carbocycles. The molecule has 0 bridgehead atoms. The summed E-state index contributed by atoms with van der Waals surface area (Å²) in [5.74, 6) is 0. The summed E-state index contributed by atoms with van der Waals surface area (Å²) in [7, 11) is -2.08. The first-order chi connectivity index (χ1) is 13.5. The zero-order valence-electron chi connectivity index (χ0n) is 20.1. The Hall–Kier alpha value is 0.0969. The molecule has 3 nitrogen and oxygen atoms in total. The SMILES string of the molecule is CCCCCCC(C)O[SiH](OC(C)CCCCCC)OC(C)CCCCCC. The van der Waals surface area contributed by atoms with Gasteiger partial charge in [0, 0.05) is 18.3 Å². The van der Waals surface area contributed by atoms with Crippen LogP contribution in [0.3, 0.4) is 0 Å². The molecule has 0 saturated heterocycles. The van der Waals surface area contributed by atoms with Gasteiger partial charge in [0.05, 0.1) is 0 Å². The van der Waals surface area contributed by atoms with E-state index in [1.165, 1.54) is 77.0 Å². The Labute approximate surface area is 179 Å². The van der Waals surface area contributed by atoms with E-state index in [9.17, 15) is 0 Å². The van der Waals surface area contributed by atoms with E-state index in [-0.39, 0.29) is 18.3 Å². The van der Waals surface area contributed by atoms with Crippen LogP contribution in [0, 0.1) is 0 Å². The average molecular weight is 417 g/mol. The second-order valence-electron chi connectivity index (χ2n) is 8.68. The fourth-order valence-electron chi connectivity index (χ4n) is 3.45. The second kappa shape index (κ2) is 20.4. The fraction of sp³-hybridized carbons (Fsp3) is 1.00. The van der Waals surface area contributed by atoms with Gasteiger partial charge in [-0.05, 0) is 40.0 Å². The first-order valence-electron chi connectivity index (χ1n) is 12.5. The monoisotopic (exact) mass is 416 g/mol. The molecule has 170 valence electrons. The van der Waals surface area contributed by atoms with E-state index >= 15 is 0 Å². The molecule has 0 aromatic rings. The molecule has 0 aliphatic heterocycles. The first kappa shape index (κ1) is 28.1. The smallest absolute Gasteiger partial charge is 0.373 e. The predicted molar refractivity (Wildman–Crippen MR) is 125 cm³/mol. The summed E-state index contributed by atoms with van der Waals surface area (Å²) in [6.07, 6.45) is 19.5. The summed E-state index contributed by atoms with van der Waals surface area (Å²) in [5.41, 5.74) is 0. The summed E-state index contributed by atoms with van der Waals surface area (Å²) < 4.78 is 19.0. The number of unbranched alkanes of at least 4 members (excludes halogenated alkanes) is 9. The third kappa shape index (κ3) is 18.1. The van der Waals surface area contributed by atoms with Crippen LogP contribution >= 0.6 is 0 Å². The van der Waals surface area contributed by atoms with Gasteiger partial charge in [-0.15, -0.1) is 0 Å². The molecule has 0 rings (SSSR count). The van der Waals surface area contributed by atoms with E-state index in [0.717, 1.165) is 19.3 Å². The first-order valence-corrected chi connectivity index (χ1v) is 13.9. The van der Waals surface area contributed by atoms with E-state index in [4.69, 9.17) is 13.3 Å². The van der Waals surface area contributed by atoms with Crippen molar-refractivity contribution in [3.63, 3.8) is 0 Å². The van der Waals surface area contributed by atoms with Crippen molar-refractivity contribution in [2.75, 3.05) is 0 Å². The van der Waals surface area contributed by atoms with Crippen molar-refractivity contribution in [2.24, 2.45) is 0 Å². The number of hydrogen-bond acceptors (Lipinski definition) is 3. The molecule has 3 atom stereocenters. The van der Waals surface area contributed by atoms with Crippen molar-refractivity contribution < 1.29 is 13.3 Å². The molecule has 3 unspecified atom stereocenters. The second-order valence-corrected chi connectivity index (χ2v) is 10.1. The average Bonchev–Trinajstić information content (AvgIpc) is 2.66. The van der Waals surface area contributed by atoms with Gasteiger partial charge in [-0.2, -0.15) is 0 Å². The van der Waals surface area contributed by atoms with Gasteiger partial charge in [-0.1, -0.05) is 97.8 Å².